The molecule has 4 aromatic carbocycles. The van der Waals surface area contributed by atoms with E-state index < -0.39 is 0 Å². The molecule has 19 nitrogen and oxygen atoms in total. The van der Waals surface area contributed by atoms with Crippen molar-refractivity contribution >= 4 is 51.5 Å². The second-order valence-electron chi connectivity index (χ2n) is 16.4. The molecular weight excluding hydrogens is 891 g/mol. The minimum absolute atomic E-state index is 0.0421. The minimum atomic E-state index is -0.387. The largest absolute Gasteiger partial charge is 0.369 e. The van der Waals surface area contributed by atoms with Gasteiger partial charge in [0.2, 0.25) is 23.6 Å². The van der Waals surface area contributed by atoms with Gasteiger partial charge < -0.3 is 20.9 Å². The van der Waals surface area contributed by atoms with Gasteiger partial charge in [0.05, 0.1) is 42.6 Å². The molecule has 0 radical (unpaired) electrons. The number of hydrogen-bond acceptors (Lipinski definition) is 14. The number of aromatic nitrogens is 12. The fourth-order valence-electron chi connectivity index (χ4n) is 8.23. The number of nitrogen functional groups attached to an aromatic ring is 2. The number of halogens is 2. The maximum absolute atomic E-state index is 14.8. The van der Waals surface area contributed by atoms with Crippen LogP contribution in [0.15, 0.2) is 123 Å². The van der Waals surface area contributed by atoms with Crippen molar-refractivity contribution in [3.63, 3.8) is 0 Å². The van der Waals surface area contributed by atoms with Gasteiger partial charge in [-0.2, -0.15) is 15.1 Å². The average Bonchev–Trinajstić information content (AvgIpc) is 4.11. The predicted octanol–water partition coefficient (Wildman–Crippen LogP) is 5.34. The van der Waals surface area contributed by atoms with E-state index in [1.54, 1.807) is 48.1 Å². The van der Waals surface area contributed by atoms with Crippen LogP contribution in [0.2, 0.25) is 5.02 Å². The van der Waals surface area contributed by atoms with E-state index in [1.807, 2.05) is 78.6 Å². The van der Waals surface area contributed by atoms with Gasteiger partial charge in [-0.15, -0.1) is 10.2 Å². The molecule has 0 unspecified atom stereocenters. The summed E-state index contributed by atoms with van der Waals surface area (Å²) in [5.41, 5.74) is 18.9. The fraction of sp³-hybridized carbons (Fsp3) is 0.213. The smallest absolute Gasteiger partial charge is 0.353 e. The molecular formula is C47H44ClFN16O3. The highest BCUT2D eigenvalue weighted by atomic mass is 35.5. The molecule has 0 bridgehead atoms. The summed E-state index contributed by atoms with van der Waals surface area (Å²) in [6.45, 7) is 8.44. The zero-order valence-corrected chi connectivity index (χ0v) is 37.7. The Bertz CT molecular complexity index is 3570. The number of piperazine rings is 1. The van der Waals surface area contributed by atoms with Gasteiger partial charge in [-0.25, -0.2) is 41.8 Å². The van der Waals surface area contributed by atoms with Crippen LogP contribution in [0.4, 0.5) is 22.0 Å². The minimum Gasteiger partial charge on any atom is -0.369 e. The van der Waals surface area contributed by atoms with Gasteiger partial charge in [0, 0.05) is 61.9 Å². The number of rotatable bonds is 10. The summed E-state index contributed by atoms with van der Waals surface area (Å²) in [6.07, 6.45) is 1.66. The molecule has 1 aliphatic heterocycles. The zero-order chi connectivity index (χ0) is 47.1. The van der Waals surface area contributed by atoms with E-state index in [9.17, 15) is 14.0 Å². The van der Waals surface area contributed by atoms with Gasteiger partial charge in [0.15, 0.2) is 16.9 Å². The van der Waals surface area contributed by atoms with Crippen molar-refractivity contribution in [2.24, 2.45) is 0 Å². The van der Waals surface area contributed by atoms with Crippen molar-refractivity contribution < 1.29 is 8.91 Å². The molecule has 0 saturated carbocycles. The molecule has 0 aliphatic carbocycles. The Labute approximate surface area is 391 Å². The normalized spacial score (nSPS) is 13.1. The van der Waals surface area contributed by atoms with Gasteiger partial charge >= 0.3 is 11.4 Å². The van der Waals surface area contributed by atoms with Gasteiger partial charge in [-0.1, -0.05) is 89.1 Å². The standard InChI is InChI=1S/C28H27ClFN11O2.C19H17N5O/c1-17-33-24(36-43-17)19-5-6-22(30)23(14-19)38-10-7-37(8-11-38)9-12-39-25-21(15-32-39)26-35-40(28(42)41(26)27(31)34-25)16-18-3-2-4-20(29)13-18;1-13-7-9-15(10-8-13)16-11-17-22-23(12-14-5-3-2-4-6-14)19(25)24(17)18(20)21-16/h2-6,13-15H,7-12,16H2,1H3,(H2,31,34);2-11H,12H2,1H3,(H2,20,21). The second-order valence-corrected chi connectivity index (χ2v) is 16.9. The first kappa shape index (κ1) is 43.7. The highest BCUT2D eigenvalue weighted by Crippen LogP contribution is 2.28. The summed E-state index contributed by atoms with van der Waals surface area (Å²) >= 11 is 6.11. The Morgan fingerprint density at radius 3 is 2.15 bits per heavy atom. The summed E-state index contributed by atoms with van der Waals surface area (Å²) < 4.78 is 27.0. The molecule has 344 valence electrons. The third-order valence-electron chi connectivity index (χ3n) is 11.8. The van der Waals surface area contributed by atoms with Crippen LogP contribution >= 0.6 is 11.6 Å². The number of nitrogens with zero attached hydrogens (tertiary/aromatic N) is 14. The van der Waals surface area contributed by atoms with Crippen LogP contribution in [0.3, 0.4) is 0 Å². The molecule has 0 amide bonds. The maximum Gasteiger partial charge on any atom is 0.353 e. The SMILES string of the molecule is Cc1ccc(-c2cc3nn(Cc4ccccc4)c(=O)n3c(N)n2)cc1.Cc1nc(-c2ccc(F)c(N3CCN(CCn4ncc5c4nc(N)n4c(=O)n(Cc6cccc(Cl)c6)nc54)CC3)c2)no1. The van der Waals surface area contributed by atoms with Crippen molar-refractivity contribution in [1.29, 1.82) is 0 Å². The Kier molecular flexibility index (Phi) is 11.7. The Morgan fingerprint density at radius 2 is 1.40 bits per heavy atom. The monoisotopic (exact) mass is 934 g/mol. The van der Waals surface area contributed by atoms with E-state index in [4.69, 9.17) is 27.6 Å². The quantitative estimate of drug-likeness (QED) is 0.177. The molecule has 4 N–H and O–H groups in total. The lowest BCUT2D eigenvalue weighted by Gasteiger charge is -2.36. The molecule has 7 heterocycles. The highest BCUT2D eigenvalue weighted by Gasteiger charge is 2.23. The molecule has 0 atom stereocenters. The fourth-order valence-corrected chi connectivity index (χ4v) is 8.44. The van der Waals surface area contributed by atoms with E-state index in [0.29, 0.717) is 88.7 Å². The molecule has 6 aromatic heterocycles. The van der Waals surface area contributed by atoms with Crippen LogP contribution in [0.25, 0.3) is 45.0 Å². The molecule has 21 heteroatoms. The van der Waals surface area contributed by atoms with Crippen molar-refractivity contribution in [1.82, 2.24) is 63.2 Å². The second kappa shape index (κ2) is 18.2. The van der Waals surface area contributed by atoms with Crippen molar-refractivity contribution in [2.45, 2.75) is 33.5 Å². The topological polar surface area (TPSA) is 220 Å². The third-order valence-corrected chi connectivity index (χ3v) is 12.0. The van der Waals surface area contributed by atoms with Crippen LogP contribution in [0, 0.1) is 19.7 Å². The molecule has 1 saturated heterocycles. The number of aryl methyl sites for hydroxylation is 2. The number of fused-ring (bicyclic) bond motifs is 4. The van der Waals surface area contributed by atoms with Crippen molar-refractivity contribution in [2.75, 3.05) is 49.1 Å². The molecule has 1 fully saturated rings. The number of anilines is 3. The first-order chi connectivity index (χ1) is 32.9. The molecule has 11 rings (SSSR count). The number of nitrogens with two attached hydrogens (primary N) is 2. The number of hydrogen-bond donors (Lipinski definition) is 2. The lowest BCUT2D eigenvalue weighted by molar-refractivity contribution is 0.245. The first-order valence-electron chi connectivity index (χ1n) is 21.8. The van der Waals surface area contributed by atoms with Gasteiger partial charge in [-0.3, -0.25) is 4.90 Å². The Balaban J connectivity index is 0.000000183. The lowest BCUT2D eigenvalue weighted by Crippen LogP contribution is -2.47. The van der Waals surface area contributed by atoms with Crippen molar-refractivity contribution in [3.05, 3.63) is 164 Å². The van der Waals surface area contributed by atoms with Crippen LogP contribution in [-0.2, 0) is 19.6 Å². The van der Waals surface area contributed by atoms with Crippen LogP contribution in [-0.4, -0.2) is 95.9 Å². The summed E-state index contributed by atoms with van der Waals surface area (Å²) in [7, 11) is 0. The van der Waals surface area contributed by atoms with Crippen LogP contribution < -0.4 is 27.7 Å². The summed E-state index contributed by atoms with van der Waals surface area (Å²) in [5, 5.41) is 18.7. The van der Waals surface area contributed by atoms with E-state index >= 15 is 0 Å². The van der Waals surface area contributed by atoms with E-state index in [0.717, 1.165) is 29.8 Å². The van der Waals surface area contributed by atoms with E-state index in [1.165, 1.54) is 29.8 Å². The first-order valence-corrected chi connectivity index (χ1v) is 22.1. The van der Waals surface area contributed by atoms with E-state index in [-0.39, 0.29) is 35.6 Å². The van der Waals surface area contributed by atoms with Crippen molar-refractivity contribution in [3.8, 4) is 22.6 Å². The summed E-state index contributed by atoms with van der Waals surface area (Å²) in [4.78, 5) is 43.1. The summed E-state index contributed by atoms with van der Waals surface area (Å²) in [5.74, 6) is 0.787. The molecule has 0 spiro atoms. The van der Waals surface area contributed by atoms with Gasteiger partial charge in [-0.05, 0) is 48.4 Å². The van der Waals surface area contributed by atoms with Gasteiger partial charge in [0.25, 0.3) is 0 Å². The lowest BCUT2D eigenvalue weighted by atomic mass is 10.1. The molecule has 1 aliphatic rings. The summed E-state index contributed by atoms with van der Waals surface area (Å²) in [6, 6.07) is 31.6. The van der Waals surface area contributed by atoms with Gasteiger partial charge in [0.1, 0.15) is 5.82 Å². The van der Waals surface area contributed by atoms with E-state index in [2.05, 4.69) is 40.3 Å². The maximum atomic E-state index is 14.8. The molecule has 68 heavy (non-hydrogen) atoms. The number of benzene rings is 4. The Morgan fingerprint density at radius 1 is 0.691 bits per heavy atom. The Hall–Kier alpha value is -8.23. The van der Waals surface area contributed by atoms with Crippen LogP contribution in [0.1, 0.15) is 22.6 Å². The zero-order valence-electron chi connectivity index (χ0n) is 36.9. The molecule has 10 aromatic rings. The van der Waals surface area contributed by atoms with Crippen LogP contribution in [0.5, 0.6) is 0 Å². The highest BCUT2D eigenvalue weighted by molar-refractivity contribution is 6.30. The third kappa shape index (κ3) is 8.76. The predicted molar refractivity (Wildman–Crippen MR) is 256 cm³/mol. The average molecular weight is 935 g/mol.